The van der Waals surface area contributed by atoms with Crippen LogP contribution in [0.1, 0.15) is 23.6 Å². The molecule has 0 radical (unpaired) electrons. The minimum absolute atomic E-state index is 0.181. The van der Waals surface area contributed by atoms with E-state index in [-0.39, 0.29) is 12.0 Å². The highest BCUT2D eigenvalue weighted by Gasteiger charge is 2.36. The summed E-state index contributed by atoms with van der Waals surface area (Å²) < 4.78 is 51.9. The molecule has 2 rings (SSSR count). The zero-order chi connectivity index (χ0) is 14.9. The maximum absolute atomic E-state index is 13.5. The molecule has 1 aliphatic heterocycles. The minimum Gasteiger partial charge on any atom is -0.319 e. The average molecular weight is 290 g/mol. The molecule has 1 heterocycles. The smallest absolute Gasteiger partial charge is 0.319 e. The Kier molecular flexibility index (Phi) is 4.34. The highest BCUT2D eigenvalue weighted by molar-refractivity contribution is 5.30. The SMILES string of the molecule is CNCC1CCN(C)C1c1cc(F)cc(C(F)(F)F)c1. The van der Waals surface area contributed by atoms with E-state index in [1.54, 1.807) is 0 Å². The number of hydrogen-bond donors (Lipinski definition) is 1. The molecule has 1 fully saturated rings. The number of halogens is 4. The third-order valence-corrected chi connectivity index (χ3v) is 3.83. The van der Waals surface area contributed by atoms with E-state index >= 15 is 0 Å². The molecule has 2 nitrogen and oxygen atoms in total. The largest absolute Gasteiger partial charge is 0.416 e. The van der Waals surface area contributed by atoms with E-state index in [0.29, 0.717) is 18.2 Å². The first-order chi connectivity index (χ1) is 9.32. The van der Waals surface area contributed by atoms with Crippen molar-refractivity contribution in [2.75, 3.05) is 27.2 Å². The summed E-state index contributed by atoms with van der Waals surface area (Å²) in [5.74, 6) is -0.647. The molecule has 0 spiro atoms. The van der Waals surface area contributed by atoms with Crippen LogP contribution < -0.4 is 5.32 Å². The van der Waals surface area contributed by atoms with E-state index in [1.807, 2.05) is 19.0 Å². The molecule has 0 bridgehead atoms. The van der Waals surface area contributed by atoms with Crippen LogP contribution in [0.3, 0.4) is 0 Å². The minimum atomic E-state index is -4.52. The Morgan fingerprint density at radius 1 is 1.30 bits per heavy atom. The van der Waals surface area contributed by atoms with Gasteiger partial charge in [-0.1, -0.05) is 0 Å². The summed E-state index contributed by atoms with van der Waals surface area (Å²) in [6, 6.07) is 2.65. The first-order valence-electron chi connectivity index (χ1n) is 6.55. The Labute approximate surface area is 115 Å². The maximum atomic E-state index is 13.5. The molecule has 112 valence electrons. The first kappa shape index (κ1) is 15.3. The van der Waals surface area contributed by atoms with E-state index in [9.17, 15) is 17.6 Å². The molecule has 2 atom stereocenters. The third-order valence-electron chi connectivity index (χ3n) is 3.83. The van der Waals surface area contributed by atoms with Crippen molar-refractivity contribution < 1.29 is 17.6 Å². The normalized spacial score (nSPS) is 24.3. The predicted octanol–water partition coefficient (Wildman–Crippen LogP) is 3.06. The molecule has 1 aliphatic rings. The van der Waals surface area contributed by atoms with E-state index in [1.165, 1.54) is 6.07 Å². The van der Waals surface area contributed by atoms with Crippen molar-refractivity contribution in [1.29, 1.82) is 0 Å². The van der Waals surface area contributed by atoms with Gasteiger partial charge in [-0.2, -0.15) is 13.2 Å². The van der Waals surface area contributed by atoms with Gasteiger partial charge in [0.1, 0.15) is 5.82 Å². The van der Waals surface area contributed by atoms with Crippen molar-refractivity contribution in [2.24, 2.45) is 5.92 Å². The molecule has 6 heteroatoms. The van der Waals surface area contributed by atoms with Gasteiger partial charge >= 0.3 is 6.18 Å². The number of nitrogens with zero attached hydrogens (tertiary/aromatic N) is 1. The van der Waals surface area contributed by atoms with Crippen LogP contribution in [0.25, 0.3) is 0 Å². The molecule has 1 aromatic carbocycles. The molecule has 1 N–H and O–H groups in total. The van der Waals surface area contributed by atoms with E-state index in [0.717, 1.165) is 19.0 Å². The van der Waals surface area contributed by atoms with Crippen LogP contribution in [0.4, 0.5) is 17.6 Å². The molecular weight excluding hydrogens is 272 g/mol. The van der Waals surface area contributed by atoms with Crippen molar-refractivity contribution in [1.82, 2.24) is 10.2 Å². The van der Waals surface area contributed by atoms with E-state index in [4.69, 9.17) is 0 Å². The van der Waals surface area contributed by atoms with Gasteiger partial charge in [0.25, 0.3) is 0 Å². The van der Waals surface area contributed by atoms with Crippen LogP contribution in [0.5, 0.6) is 0 Å². The molecule has 20 heavy (non-hydrogen) atoms. The summed E-state index contributed by atoms with van der Waals surface area (Å²) in [6.07, 6.45) is -3.63. The van der Waals surface area contributed by atoms with Gasteiger partial charge in [0.05, 0.1) is 5.56 Å². The molecular formula is C14H18F4N2. The van der Waals surface area contributed by atoms with Gasteiger partial charge in [-0.15, -0.1) is 0 Å². The van der Waals surface area contributed by atoms with Crippen molar-refractivity contribution in [3.05, 3.63) is 35.1 Å². The van der Waals surface area contributed by atoms with Crippen molar-refractivity contribution in [3.63, 3.8) is 0 Å². The lowest BCUT2D eigenvalue weighted by atomic mass is 9.92. The van der Waals surface area contributed by atoms with Gasteiger partial charge in [-0.25, -0.2) is 4.39 Å². The quantitative estimate of drug-likeness (QED) is 0.861. The fraction of sp³-hybridized carbons (Fsp3) is 0.571. The number of hydrogen-bond acceptors (Lipinski definition) is 2. The summed E-state index contributed by atoms with van der Waals surface area (Å²) in [4.78, 5) is 1.98. The van der Waals surface area contributed by atoms with Gasteiger partial charge < -0.3 is 5.32 Å². The number of alkyl halides is 3. The number of nitrogens with one attached hydrogen (secondary N) is 1. The van der Waals surface area contributed by atoms with Crippen LogP contribution in [-0.4, -0.2) is 32.1 Å². The molecule has 0 aromatic heterocycles. The number of benzene rings is 1. The fourth-order valence-corrected chi connectivity index (χ4v) is 2.98. The second-order valence-electron chi connectivity index (χ2n) is 5.30. The topological polar surface area (TPSA) is 15.3 Å². The summed E-state index contributed by atoms with van der Waals surface area (Å²) in [5, 5.41) is 3.05. The van der Waals surface area contributed by atoms with Gasteiger partial charge in [-0.05, 0) is 63.3 Å². The van der Waals surface area contributed by atoms with Gasteiger partial charge in [0.2, 0.25) is 0 Å². The first-order valence-corrected chi connectivity index (χ1v) is 6.55. The lowest BCUT2D eigenvalue weighted by Crippen LogP contribution is -2.27. The number of rotatable bonds is 3. The second-order valence-corrected chi connectivity index (χ2v) is 5.30. The fourth-order valence-electron chi connectivity index (χ4n) is 2.98. The van der Waals surface area contributed by atoms with Crippen LogP contribution in [0.15, 0.2) is 18.2 Å². The lowest BCUT2D eigenvalue weighted by Gasteiger charge is -2.26. The molecule has 0 aliphatic carbocycles. The number of likely N-dealkylation sites (tertiary alicyclic amines) is 1. The Morgan fingerprint density at radius 3 is 2.60 bits per heavy atom. The Hall–Kier alpha value is -1.14. The predicted molar refractivity (Wildman–Crippen MR) is 68.8 cm³/mol. The van der Waals surface area contributed by atoms with E-state index < -0.39 is 17.6 Å². The zero-order valence-electron chi connectivity index (χ0n) is 11.5. The summed E-state index contributed by atoms with van der Waals surface area (Å²) in [6.45, 7) is 1.50. The average Bonchev–Trinajstić information content (AvgIpc) is 2.69. The Bertz CT molecular complexity index is 471. The molecule has 2 unspecified atom stereocenters. The van der Waals surface area contributed by atoms with E-state index in [2.05, 4.69) is 5.32 Å². The van der Waals surface area contributed by atoms with Crippen LogP contribution >= 0.6 is 0 Å². The van der Waals surface area contributed by atoms with Crippen LogP contribution in [0.2, 0.25) is 0 Å². The lowest BCUT2D eigenvalue weighted by molar-refractivity contribution is -0.137. The second kappa shape index (κ2) is 5.69. The van der Waals surface area contributed by atoms with Gasteiger partial charge in [0.15, 0.2) is 0 Å². The van der Waals surface area contributed by atoms with Gasteiger partial charge in [-0.3, -0.25) is 4.90 Å². The standard InChI is InChI=1S/C14H18F4N2/c1-19-8-9-3-4-20(2)13(9)10-5-11(14(16,17)18)7-12(15)6-10/h5-7,9,13,19H,3-4,8H2,1-2H3. The molecule has 0 amide bonds. The maximum Gasteiger partial charge on any atom is 0.416 e. The highest BCUT2D eigenvalue weighted by Crippen LogP contribution is 2.38. The van der Waals surface area contributed by atoms with Gasteiger partial charge in [0, 0.05) is 6.04 Å². The Balaban J connectivity index is 2.38. The monoisotopic (exact) mass is 290 g/mol. The highest BCUT2D eigenvalue weighted by atomic mass is 19.4. The van der Waals surface area contributed by atoms with Crippen molar-refractivity contribution in [2.45, 2.75) is 18.6 Å². The zero-order valence-corrected chi connectivity index (χ0v) is 11.5. The van der Waals surface area contributed by atoms with Crippen LogP contribution in [0, 0.1) is 11.7 Å². The molecule has 1 saturated heterocycles. The van der Waals surface area contributed by atoms with Crippen molar-refractivity contribution >= 4 is 0 Å². The Morgan fingerprint density at radius 2 is 2.00 bits per heavy atom. The van der Waals surface area contributed by atoms with Crippen LogP contribution in [-0.2, 0) is 6.18 Å². The molecule has 1 aromatic rings. The summed E-state index contributed by atoms with van der Waals surface area (Å²) >= 11 is 0. The summed E-state index contributed by atoms with van der Waals surface area (Å²) in [7, 11) is 3.67. The molecule has 0 saturated carbocycles. The summed E-state index contributed by atoms with van der Waals surface area (Å²) in [5.41, 5.74) is -0.520. The third kappa shape index (κ3) is 3.12. The van der Waals surface area contributed by atoms with Crippen molar-refractivity contribution in [3.8, 4) is 0 Å².